The molecule has 0 fully saturated rings. The molecule has 0 spiro atoms. The van der Waals surface area contributed by atoms with Crippen molar-refractivity contribution in [3.05, 3.63) is 86.6 Å². The molecule has 28 heavy (non-hydrogen) atoms. The quantitative estimate of drug-likeness (QED) is 0.434. The zero-order valence-electron chi connectivity index (χ0n) is 16.6. The van der Waals surface area contributed by atoms with Gasteiger partial charge in [0.25, 0.3) is 0 Å². The molecule has 0 aliphatic rings. The number of amides is 1. The molecule has 0 atom stereocenters. The number of nitrogens with zero attached hydrogens (tertiary/aromatic N) is 2. The minimum absolute atomic E-state index is 0.121. The third-order valence-electron chi connectivity index (χ3n) is 4.78. The van der Waals surface area contributed by atoms with Crippen LogP contribution in [0.2, 0.25) is 0 Å². The molecular formula is C23H24BrN3O. The molecule has 0 bridgehead atoms. The van der Waals surface area contributed by atoms with Gasteiger partial charge in [0.15, 0.2) is 0 Å². The summed E-state index contributed by atoms with van der Waals surface area (Å²) in [6.45, 7) is 8.18. The van der Waals surface area contributed by atoms with E-state index in [1.54, 1.807) is 6.21 Å². The van der Waals surface area contributed by atoms with Gasteiger partial charge in [-0.05, 0) is 63.1 Å². The number of benzene rings is 2. The summed E-state index contributed by atoms with van der Waals surface area (Å²) in [5.74, 6) is -0.121. The number of carbonyl (C=O) groups excluding carboxylic acids is 1. The summed E-state index contributed by atoms with van der Waals surface area (Å²) in [5, 5.41) is 4.16. The summed E-state index contributed by atoms with van der Waals surface area (Å²) < 4.78 is 3.20. The van der Waals surface area contributed by atoms with Gasteiger partial charge in [0, 0.05) is 27.1 Å². The molecule has 1 N–H and O–H groups in total. The van der Waals surface area contributed by atoms with E-state index in [-0.39, 0.29) is 5.91 Å². The van der Waals surface area contributed by atoms with E-state index in [4.69, 9.17) is 0 Å². The Morgan fingerprint density at radius 1 is 1.11 bits per heavy atom. The number of halogens is 1. The van der Waals surface area contributed by atoms with Gasteiger partial charge in [-0.3, -0.25) is 4.79 Å². The molecule has 0 saturated heterocycles. The summed E-state index contributed by atoms with van der Waals surface area (Å²) in [4.78, 5) is 12.2. The molecule has 1 aromatic heterocycles. The topological polar surface area (TPSA) is 46.4 Å². The van der Waals surface area contributed by atoms with E-state index in [1.807, 2.05) is 45.0 Å². The molecule has 0 aliphatic carbocycles. The van der Waals surface area contributed by atoms with Gasteiger partial charge >= 0.3 is 0 Å². The Hall–Kier alpha value is -2.66. The Labute approximate surface area is 174 Å². The molecule has 2 aromatic carbocycles. The Morgan fingerprint density at radius 2 is 1.89 bits per heavy atom. The van der Waals surface area contributed by atoms with Crippen LogP contribution in [-0.2, 0) is 11.2 Å². The van der Waals surface area contributed by atoms with Crippen molar-refractivity contribution in [1.29, 1.82) is 0 Å². The number of hydrogen-bond donors (Lipinski definition) is 1. The smallest absolute Gasteiger partial charge is 0.244 e. The van der Waals surface area contributed by atoms with E-state index in [9.17, 15) is 4.79 Å². The minimum atomic E-state index is -0.121. The highest BCUT2D eigenvalue weighted by atomic mass is 79.9. The second-order valence-electron chi connectivity index (χ2n) is 7.04. The van der Waals surface area contributed by atoms with E-state index >= 15 is 0 Å². The summed E-state index contributed by atoms with van der Waals surface area (Å²) >= 11 is 3.52. The van der Waals surface area contributed by atoms with Gasteiger partial charge in [-0.2, -0.15) is 5.10 Å². The highest BCUT2D eigenvalue weighted by Gasteiger charge is 2.10. The van der Waals surface area contributed by atoms with Crippen molar-refractivity contribution in [1.82, 2.24) is 9.99 Å². The Balaban J connectivity index is 1.71. The van der Waals surface area contributed by atoms with Crippen molar-refractivity contribution in [2.24, 2.45) is 5.10 Å². The SMILES string of the molecule is Cc1ccc(CC(=O)N/N=C/c2cc(C)n(-c3cccc(Br)c3)c2C)c(C)c1. The fourth-order valence-electron chi connectivity index (χ4n) is 3.36. The van der Waals surface area contributed by atoms with Crippen LogP contribution in [0.1, 0.15) is 33.6 Å². The zero-order valence-corrected chi connectivity index (χ0v) is 18.2. The molecule has 0 radical (unpaired) electrons. The second kappa shape index (κ2) is 8.57. The second-order valence-corrected chi connectivity index (χ2v) is 7.96. The first kappa shape index (κ1) is 20.1. The van der Waals surface area contributed by atoms with Crippen molar-refractivity contribution in [3.8, 4) is 5.69 Å². The molecule has 4 nitrogen and oxygen atoms in total. The van der Waals surface area contributed by atoms with Crippen molar-refractivity contribution in [2.75, 3.05) is 0 Å². The van der Waals surface area contributed by atoms with Gasteiger partial charge in [0.1, 0.15) is 0 Å². The largest absolute Gasteiger partial charge is 0.318 e. The standard InChI is InChI=1S/C23H24BrN3O/c1-15-8-9-19(16(2)10-15)12-23(28)26-25-14-20-11-17(3)27(18(20)4)22-7-5-6-21(24)13-22/h5-11,13-14H,12H2,1-4H3,(H,26,28)/b25-14+. The maximum Gasteiger partial charge on any atom is 0.244 e. The van der Waals surface area contributed by atoms with Crippen molar-refractivity contribution < 1.29 is 4.79 Å². The fraction of sp³-hybridized carbons (Fsp3) is 0.217. The first-order chi connectivity index (χ1) is 13.3. The summed E-state index contributed by atoms with van der Waals surface area (Å²) in [7, 11) is 0. The number of hydrogen-bond acceptors (Lipinski definition) is 2. The lowest BCUT2D eigenvalue weighted by Crippen LogP contribution is -2.20. The number of nitrogens with one attached hydrogen (secondary N) is 1. The maximum atomic E-state index is 12.2. The van der Waals surface area contributed by atoms with Gasteiger partial charge < -0.3 is 4.57 Å². The predicted molar refractivity (Wildman–Crippen MR) is 118 cm³/mol. The molecule has 3 aromatic rings. The molecule has 5 heteroatoms. The fourth-order valence-corrected chi connectivity index (χ4v) is 3.75. The number of aryl methyl sites for hydroxylation is 3. The van der Waals surface area contributed by atoms with Crippen LogP contribution >= 0.6 is 15.9 Å². The van der Waals surface area contributed by atoms with Crippen LogP contribution in [0, 0.1) is 27.7 Å². The van der Waals surface area contributed by atoms with Gasteiger partial charge in [0.2, 0.25) is 5.91 Å². The summed E-state index contributed by atoms with van der Waals surface area (Å²) in [6, 6.07) is 16.3. The van der Waals surface area contributed by atoms with Gasteiger partial charge in [-0.25, -0.2) is 5.43 Å². The molecule has 0 saturated carbocycles. The highest BCUT2D eigenvalue weighted by molar-refractivity contribution is 9.10. The van der Waals surface area contributed by atoms with E-state index in [0.717, 1.165) is 38.2 Å². The van der Waals surface area contributed by atoms with Crippen LogP contribution in [-0.4, -0.2) is 16.7 Å². The maximum absolute atomic E-state index is 12.2. The molecular weight excluding hydrogens is 414 g/mol. The predicted octanol–water partition coefficient (Wildman–Crippen LogP) is 5.17. The summed E-state index contributed by atoms with van der Waals surface area (Å²) in [6.07, 6.45) is 2.03. The first-order valence-electron chi connectivity index (χ1n) is 9.18. The average Bonchev–Trinajstić information content (AvgIpc) is 2.91. The zero-order chi connectivity index (χ0) is 20.3. The van der Waals surface area contributed by atoms with Crippen molar-refractivity contribution in [2.45, 2.75) is 34.1 Å². The monoisotopic (exact) mass is 437 g/mol. The highest BCUT2D eigenvalue weighted by Crippen LogP contribution is 2.22. The number of rotatable bonds is 5. The lowest BCUT2D eigenvalue weighted by molar-refractivity contribution is -0.120. The van der Waals surface area contributed by atoms with Crippen LogP contribution < -0.4 is 5.43 Å². The third-order valence-corrected chi connectivity index (χ3v) is 5.27. The van der Waals surface area contributed by atoms with Gasteiger partial charge in [-0.15, -0.1) is 0 Å². The molecule has 3 rings (SSSR count). The third kappa shape index (κ3) is 4.60. The van der Waals surface area contributed by atoms with Crippen LogP contribution in [0.3, 0.4) is 0 Å². The molecule has 1 amide bonds. The minimum Gasteiger partial charge on any atom is -0.318 e. The number of aromatic nitrogens is 1. The molecule has 144 valence electrons. The lowest BCUT2D eigenvalue weighted by atomic mass is 10.0. The first-order valence-corrected chi connectivity index (χ1v) is 9.97. The van der Waals surface area contributed by atoms with Crippen molar-refractivity contribution >= 4 is 28.1 Å². The number of hydrazone groups is 1. The van der Waals surface area contributed by atoms with E-state index in [0.29, 0.717) is 6.42 Å². The molecule has 0 unspecified atom stereocenters. The van der Waals surface area contributed by atoms with E-state index < -0.39 is 0 Å². The number of carbonyl (C=O) groups is 1. The van der Waals surface area contributed by atoms with Crippen LogP contribution in [0.15, 0.2) is 58.1 Å². The average molecular weight is 438 g/mol. The normalized spacial score (nSPS) is 11.2. The Bertz CT molecular complexity index is 1050. The van der Waals surface area contributed by atoms with Crippen molar-refractivity contribution in [3.63, 3.8) is 0 Å². The van der Waals surface area contributed by atoms with Gasteiger partial charge in [-0.1, -0.05) is 45.8 Å². The Morgan fingerprint density at radius 3 is 2.61 bits per heavy atom. The molecule has 1 heterocycles. The van der Waals surface area contributed by atoms with Crippen LogP contribution in [0.25, 0.3) is 5.69 Å². The van der Waals surface area contributed by atoms with E-state index in [1.165, 1.54) is 5.56 Å². The Kier molecular flexibility index (Phi) is 6.15. The van der Waals surface area contributed by atoms with Crippen LogP contribution in [0.4, 0.5) is 0 Å². The van der Waals surface area contributed by atoms with Gasteiger partial charge in [0.05, 0.1) is 12.6 Å². The lowest BCUT2D eigenvalue weighted by Gasteiger charge is -2.09. The van der Waals surface area contributed by atoms with Crippen LogP contribution in [0.5, 0.6) is 0 Å². The summed E-state index contributed by atoms with van der Waals surface area (Å²) in [5.41, 5.74) is 10.2. The van der Waals surface area contributed by atoms with E-state index in [2.05, 4.69) is 62.2 Å². The molecule has 0 aliphatic heterocycles.